The second-order valence-electron chi connectivity index (χ2n) is 6.75. The van der Waals surface area contributed by atoms with Crippen LogP contribution in [0.4, 0.5) is 17.2 Å². The molecule has 10 nitrogen and oxygen atoms in total. The molecule has 0 unspecified atom stereocenters. The number of H-pyrrole nitrogens is 1. The number of phenols is 1. The van der Waals surface area contributed by atoms with Gasteiger partial charge in [-0.05, 0) is 31.0 Å². The molecule has 0 saturated heterocycles. The van der Waals surface area contributed by atoms with Gasteiger partial charge in [0, 0.05) is 0 Å². The highest BCUT2D eigenvalue weighted by atomic mass is 16.4. The number of aliphatic hydroxyl groups is 4. The lowest BCUT2D eigenvalue weighted by atomic mass is 10.0. The third-order valence-electron chi connectivity index (χ3n) is 4.81. The first-order valence-electron chi connectivity index (χ1n) is 8.59. The number of β-amino-alcohol motifs (C(OH)–C–C–N with tert-alkyl or cyclic N) is 1. The van der Waals surface area contributed by atoms with Crippen LogP contribution in [0.3, 0.4) is 0 Å². The summed E-state index contributed by atoms with van der Waals surface area (Å²) in [5.74, 6) is -0.0252. The quantitative estimate of drug-likeness (QED) is 0.341. The molecule has 28 heavy (non-hydrogen) atoms. The van der Waals surface area contributed by atoms with Crippen LogP contribution in [0.2, 0.25) is 0 Å². The lowest BCUT2D eigenvalue weighted by Crippen LogP contribution is -2.48. The summed E-state index contributed by atoms with van der Waals surface area (Å²) in [6, 6.07) is 1.71. The van der Waals surface area contributed by atoms with E-state index in [0.29, 0.717) is 11.3 Å². The Kier molecular flexibility index (Phi) is 5.22. The number of benzene rings is 1. The monoisotopic (exact) mass is 390 g/mol. The average Bonchev–Trinajstić information content (AvgIpc) is 2.65. The number of nitrogens with zero attached hydrogens (tertiary/aromatic N) is 3. The molecule has 2 heterocycles. The average molecular weight is 390 g/mol. The van der Waals surface area contributed by atoms with Gasteiger partial charge in [-0.15, -0.1) is 0 Å². The standard InChI is InChI=1S/C18H22N4O6/c1-7-4-10-13(15(26)8(7)2)21-14-17(19-9(3)20-18(14)28)22(10)5-11(24)16(27)12(25)6-23/h4,11-12,16,23-27H,3,5-6H2,1-2H3,(H,20,28)/t11-,12+,16-/m0/s1. The first-order chi connectivity index (χ1) is 13.1. The van der Waals surface area contributed by atoms with Gasteiger partial charge in [-0.1, -0.05) is 6.58 Å². The van der Waals surface area contributed by atoms with E-state index in [9.17, 15) is 25.2 Å². The maximum Gasteiger partial charge on any atom is 0.279 e. The fraction of sp³-hybridized carbons (Fsp3) is 0.389. The fourth-order valence-electron chi connectivity index (χ4n) is 3.04. The maximum absolute atomic E-state index is 12.4. The minimum atomic E-state index is -1.64. The molecule has 0 aliphatic carbocycles. The lowest BCUT2D eigenvalue weighted by Gasteiger charge is -2.32. The SMILES string of the molecule is C=c1nc2c(c(=O)[nH]1)=Nc1c(cc(C)c(C)c1O)N2C[C@H](O)[C@H](O)[C@H](O)CO. The molecule has 0 spiro atoms. The van der Waals surface area contributed by atoms with Crippen molar-refractivity contribution in [2.24, 2.45) is 4.99 Å². The van der Waals surface area contributed by atoms with Gasteiger partial charge < -0.3 is 35.4 Å². The molecule has 0 bridgehead atoms. The van der Waals surface area contributed by atoms with Gasteiger partial charge in [0.15, 0.2) is 11.2 Å². The van der Waals surface area contributed by atoms with Crippen LogP contribution < -0.4 is 21.3 Å². The van der Waals surface area contributed by atoms with E-state index in [1.54, 1.807) is 19.9 Å². The van der Waals surface area contributed by atoms with Gasteiger partial charge >= 0.3 is 0 Å². The van der Waals surface area contributed by atoms with E-state index in [2.05, 4.69) is 21.5 Å². The molecular formula is C18H22N4O6. The van der Waals surface area contributed by atoms with Crippen molar-refractivity contribution in [1.29, 1.82) is 0 Å². The molecule has 2 aromatic rings. The number of rotatable bonds is 5. The Morgan fingerprint density at radius 3 is 2.57 bits per heavy atom. The van der Waals surface area contributed by atoms with Crippen LogP contribution in [0.5, 0.6) is 5.75 Å². The molecule has 1 aromatic heterocycles. The first kappa shape index (κ1) is 20.0. The molecule has 1 aliphatic heterocycles. The van der Waals surface area contributed by atoms with E-state index in [4.69, 9.17) is 5.11 Å². The molecule has 0 radical (unpaired) electrons. The Balaban J connectivity index is 2.22. The summed E-state index contributed by atoms with van der Waals surface area (Å²) in [5, 5.41) is 49.5. The van der Waals surface area contributed by atoms with Crippen molar-refractivity contribution in [1.82, 2.24) is 9.97 Å². The largest absolute Gasteiger partial charge is 0.505 e. The van der Waals surface area contributed by atoms with Crippen molar-refractivity contribution in [2.75, 3.05) is 18.1 Å². The third-order valence-corrected chi connectivity index (χ3v) is 4.81. The van der Waals surface area contributed by atoms with Gasteiger partial charge in [0.05, 0.1) is 18.8 Å². The number of aromatic hydroxyl groups is 1. The van der Waals surface area contributed by atoms with E-state index < -0.39 is 30.5 Å². The van der Waals surface area contributed by atoms with E-state index in [1.165, 1.54) is 4.90 Å². The number of aromatic amines is 1. The maximum atomic E-state index is 12.4. The number of fused-ring (bicyclic) bond motifs is 2. The summed E-state index contributed by atoms with van der Waals surface area (Å²) in [6.45, 7) is 6.08. The molecule has 0 amide bonds. The summed E-state index contributed by atoms with van der Waals surface area (Å²) in [7, 11) is 0. The normalized spacial score (nSPS) is 16.0. The summed E-state index contributed by atoms with van der Waals surface area (Å²) in [5.41, 5.74) is 1.32. The lowest BCUT2D eigenvalue weighted by molar-refractivity contribution is -0.0726. The molecule has 0 saturated carbocycles. The Morgan fingerprint density at radius 1 is 1.25 bits per heavy atom. The molecule has 1 aliphatic rings. The van der Waals surface area contributed by atoms with Crippen LogP contribution in [-0.2, 0) is 0 Å². The predicted octanol–water partition coefficient (Wildman–Crippen LogP) is -2.02. The molecule has 0 fully saturated rings. The van der Waals surface area contributed by atoms with Crippen molar-refractivity contribution in [3.63, 3.8) is 0 Å². The number of aliphatic hydroxyl groups excluding tert-OH is 4. The van der Waals surface area contributed by atoms with E-state index >= 15 is 0 Å². The Bertz CT molecular complexity index is 1080. The van der Waals surface area contributed by atoms with Crippen LogP contribution >= 0.6 is 0 Å². The number of phenolic OH excluding ortho intramolecular Hbond substituents is 1. The first-order valence-corrected chi connectivity index (χ1v) is 8.59. The summed E-state index contributed by atoms with van der Waals surface area (Å²) in [4.78, 5) is 24.6. The highest BCUT2D eigenvalue weighted by Crippen LogP contribution is 2.44. The van der Waals surface area contributed by atoms with Gasteiger partial charge in [-0.3, -0.25) is 4.79 Å². The Morgan fingerprint density at radius 2 is 1.93 bits per heavy atom. The smallest absolute Gasteiger partial charge is 0.279 e. The summed E-state index contributed by atoms with van der Waals surface area (Å²) >= 11 is 0. The van der Waals surface area contributed by atoms with Crippen LogP contribution in [-0.4, -0.2) is 67.0 Å². The number of aryl methyl sites for hydroxylation is 1. The van der Waals surface area contributed by atoms with Gasteiger partial charge in [0.25, 0.3) is 5.56 Å². The molecule has 3 rings (SSSR count). The van der Waals surface area contributed by atoms with Gasteiger partial charge in [-0.2, -0.15) is 0 Å². The minimum Gasteiger partial charge on any atom is -0.505 e. The molecule has 150 valence electrons. The minimum absolute atomic E-state index is 0.0749. The van der Waals surface area contributed by atoms with Crippen LogP contribution in [0, 0.1) is 13.8 Å². The van der Waals surface area contributed by atoms with Crippen molar-refractivity contribution < 1.29 is 25.5 Å². The number of aromatic nitrogens is 2. The van der Waals surface area contributed by atoms with E-state index in [1.807, 2.05) is 0 Å². The van der Waals surface area contributed by atoms with Gasteiger partial charge in [-0.25, -0.2) is 9.98 Å². The van der Waals surface area contributed by atoms with Crippen LogP contribution in [0.25, 0.3) is 6.58 Å². The van der Waals surface area contributed by atoms with Crippen LogP contribution in [0.1, 0.15) is 11.1 Å². The third kappa shape index (κ3) is 3.27. The summed E-state index contributed by atoms with van der Waals surface area (Å²) in [6.07, 6.45) is -4.69. The zero-order valence-corrected chi connectivity index (χ0v) is 15.4. The van der Waals surface area contributed by atoms with Crippen molar-refractivity contribution in [3.05, 3.63) is 38.4 Å². The van der Waals surface area contributed by atoms with Crippen LogP contribution in [0.15, 0.2) is 15.9 Å². The van der Waals surface area contributed by atoms with Crippen molar-refractivity contribution >= 4 is 23.8 Å². The second-order valence-corrected chi connectivity index (χ2v) is 6.75. The highest BCUT2D eigenvalue weighted by molar-refractivity contribution is 5.82. The zero-order chi connectivity index (χ0) is 20.7. The van der Waals surface area contributed by atoms with Gasteiger partial charge in [0.1, 0.15) is 35.2 Å². The molecule has 1 aromatic carbocycles. The molecule has 10 heteroatoms. The van der Waals surface area contributed by atoms with Crippen molar-refractivity contribution in [2.45, 2.75) is 32.2 Å². The zero-order valence-electron chi connectivity index (χ0n) is 15.4. The fourth-order valence-corrected chi connectivity index (χ4v) is 3.04. The number of nitrogens with one attached hydrogen (secondary N) is 1. The van der Waals surface area contributed by atoms with Crippen molar-refractivity contribution in [3.8, 4) is 5.75 Å². The highest BCUT2D eigenvalue weighted by Gasteiger charge is 2.32. The second kappa shape index (κ2) is 7.32. The molecule has 6 N–H and O–H groups in total. The number of anilines is 2. The number of hydrogen-bond acceptors (Lipinski definition) is 9. The van der Waals surface area contributed by atoms with E-state index in [0.717, 1.165) is 5.56 Å². The number of hydrogen-bond donors (Lipinski definition) is 6. The Hall–Kier alpha value is -2.79. The predicted molar refractivity (Wildman–Crippen MR) is 101 cm³/mol. The van der Waals surface area contributed by atoms with Gasteiger partial charge in [0.2, 0.25) is 0 Å². The molecular weight excluding hydrogens is 368 g/mol. The topological polar surface area (TPSA) is 162 Å². The van der Waals surface area contributed by atoms with E-state index in [-0.39, 0.29) is 34.6 Å². The Labute approximate surface area is 159 Å². The molecule has 3 atom stereocenters. The summed E-state index contributed by atoms with van der Waals surface area (Å²) < 4.78 is 0.